The minimum absolute atomic E-state index is 0.253. The number of hydrogen-bond acceptors (Lipinski definition) is 0. The molecule has 0 aliphatic heterocycles. The molecule has 0 aromatic heterocycles. The van der Waals surface area contributed by atoms with E-state index in [9.17, 15) is 8.78 Å². The molecule has 1 rings (SSSR count). The third-order valence-electron chi connectivity index (χ3n) is 1.86. The molecule has 0 heterocycles. The Morgan fingerprint density at radius 1 is 1.38 bits per heavy atom. The topological polar surface area (TPSA) is 0 Å². The van der Waals surface area contributed by atoms with Crippen LogP contribution >= 0.6 is 11.6 Å². The van der Waals surface area contributed by atoms with Crippen LogP contribution in [-0.2, 0) is 0 Å². The lowest BCUT2D eigenvalue weighted by Crippen LogP contribution is -1.97. The maximum absolute atomic E-state index is 13.1. The smallest absolute Gasteiger partial charge is 0.163 e. The molecule has 0 aliphatic carbocycles. The molecule has 1 atom stereocenters. The average molecular weight is 205 g/mol. The Hall–Kier alpha value is -0.630. The highest BCUT2D eigenvalue weighted by Gasteiger charge is 2.14. The second kappa shape index (κ2) is 4.56. The zero-order chi connectivity index (χ0) is 9.84. The van der Waals surface area contributed by atoms with Gasteiger partial charge < -0.3 is 0 Å². The van der Waals surface area contributed by atoms with E-state index in [0.717, 1.165) is 12.5 Å². The van der Waals surface area contributed by atoms with Gasteiger partial charge in [-0.3, -0.25) is 0 Å². The van der Waals surface area contributed by atoms with Crippen LogP contribution in [0.25, 0.3) is 0 Å². The second-order valence-corrected chi connectivity index (χ2v) is 3.43. The van der Waals surface area contributed by atoms with E-state index in [4.69, 9.17) is 11.6 Å². The quantitative estimate of drug-likeness (QED) is 0.652. The lowest BCUT2D eigenvalue weighted by molar-refractivity contribution is 0.495. The van der Waals surface area contributed by atoms with Crippen molar-refractivity contribution < 1.29 is 8.78 Å². The van der Waals surface area contributed by atoms with Crippen LogP contribution in [0.3, 0.4) is 0 Å². The second-order valence-electron chi connectivity index (χ2n) is 2.90. The van der Waals surface area contributed by atoms with Crippen molar-refractivity contribution >= 4 is 11.6 Å². The molecule has 0 N–H and O–H groups in total. The summed E-state index contributed by atoms with van der Waals surface area (Å²) in [6.07, 6.45) is 1.51. The Morgan fingerprint density at radius 2 is 2.08 bits per heavy atom. The summed E-state index contributed by atoms with van der Waals surface area (Å²) in [6.45, 7) is 1.95. The summed E-state index contributed by atoms with van der Waals surface area (Å²) in [5.41, 5.74) is 0.253. The molecule has 0 aliphatic rings. The molecular weight excluding hydrogens is 194 g/mol. The molecule has 0 bridgehead atoms. The summed E-state index contributed by atoms with van der Waals surface area (Å²) in [6, 6.07) is 4.08. The molecule has 1 unspecified atom stereocenters. The van der Waals surface area contributed by atoms with Gasteiger partial charge >= 0.3 is 0 Å². The van der Waals surface area contributed by atoms with Gasteiger partial charge in [0, 0.05) is 5.56 Å². The predicted molar refractivity (Wildman–Crippen MR) is 49.9 cm³/mol. The molecule has 0 radical (unpaired) electrons. The van der Waals surface area contributed by atoms with E-state index in [1.165, 1.54) is 12.1 Å². The van der Waals surface area contributed by atoms with Crippen LogP contribution < -0.4 is 0 Å². The highest BCUT2D eigenvalue weighted by atomic mass is 35.5. The van der Waals surface area contributed by atoms with Crippen molar-refractivity contribution in [3.8, 4) is 0 Å². The van der Waals surface area contributed by atoms with Gasteiger partial charge in [-0.25, -0.2) is 8.78 Å². The lowest BCUT2D eigenvalue weighted by Gasteiger charge is -2.09. The van der Waals surface area contributed by atoms with Crippen LogP contribution in [0.1, 0.15) is 30.7 Å². The number of rotatable bonds is 3. The third-order valence-corrected chi connectivity index (χ3v) is 2.31. The summed E-state index contributed by atoms with van der Waals surface area (Å²) in [5, 5.41) is -0.430. The minimum Gasteiger partial charge on any atom is -0.204 e. The zero-order valence-electron chi connectivity index (χ0n) is 7.36. The fraction of sp³-hybridized carbons (Fsp3) is 0.400. The molecular formula is C10H11ClF2. The van der Waals surface area contributed by atoms with E-state index in [-0.39, 0.29) is 5.56 Å². The van der Waals surface area contributed by atoms with E-state index in [0.29, 0.717) is 6.42 Å². The lowest BCUT2D eigenvalue weighted by atomic mass is 10.1. The highest BCUT2D eigenvalue weighted by Crippen LogP contribution is 2.28. The van der Waals surface area contributed by atoms with Gasteiger partial charge in [0.05, 0.1) is 5.38 Å². The number of hydrogen-bond donors (Lipinski definition) is 0. The Balaban J connectivity index is 2.93. The van der Waals surface area contributed by atoms with Crippen LogP contribution in [-0.4, -0.2) is 0 Å². The van der Waals surface area contributed by atoms with Crippen LogP contribution in [0.15, 0.2) is 18.2 Å². The molecule has 0 nitrogen and oxygen atoms in total. The molecule has 3 heteroatoms. The predicted octanol–water partition coefficient (Wildman–Crippen LogP) is 4.04. The van der Waals surface area contributed by atoms with Gasteiger partial charge in [0.15, 0.2) is 11.6 Å². The average Bonchev–Trinajstić information content (AvgIpc) is 2.10. The van der Waals surface area contributed by atoms with E-state index in [1.807, 2.05) is 6.92 Å². The number of benzene rings is 1. The highest BCUT2D eigenvalue weighted by molar-refractivity contribution is 6.20. The van der Waals surface area contributed by atoms with Crippen molar-refractivity contribution in [3.63, 3.8) is 0 Å². The molecule has 0 amide bonds. The monoisotopic (exact) mass is 204 g/mol. The van der Waals surface area contributed by atoms with Gasteiger partial charge in [-0.1, -0.05) is 25.5 Å². The van der Waals surface area contributed by atoms with E-state index >= 15 is 0 Å². The first-order chi connectivity index (χ1) is 6.16. The van der Waals surface area contributed by atoms with E-state index < -0.39 is 17.0 Å². The summed E-state index contributed by atoms with van der Waals surface area (Å²) >= 11 is 5.88. The Labute approximate surface area is 81.5 Å². The first-order valence-electron chi connectivity index (χ1n) is 4.24. The van der Waals surface area contributed by atoms with Crippen molar-refractivity contribution in [1.29, 1.82) is 0 Å². The van der Waals surface area contributed by atoms with Crippen LogP contribution in [0.5, 0.6) is 0 Å². The number of halogens is 3. The molecule has 13 heavy (non-hydrogen) atoms. The standard InChI is InChI=1S/C10H11ClF2/c1-2-4-8(11)7-5-3-6-9(12)10(7)13/h3,5-6,8H,2,4H2,1H3. The Kier molecular flexibility index (Phi) is 3.67. The molecule has 0 saturated carbocycles. The Bertz CT molecular complexity index is 286. The third kappa shape index (κ3) is 2.41. The SMILES string of the molecule is CCCC(Cl)c1cccc(F)c1F. The van der Waals surface area contributed by atoms with Crippen molar-refractivity contribution in [3.05, 3.63) is 35.4 Å². The Morgan fingerprint density at radius 3 is 2.69 bits per heavy atom. The maximum atomic E-state index is 13.1. The van der Waals surface area contributed by atoms with Crippen molar-refractivity contribution in [1.82, 2.24) is 0 Å². The fourth-order valence-corrected chi connectivity index (χ4v) is 1.56. The largest absolute Gasteiger partial charge is 0.204 e. The summed E-state index contributed by atoms with van der Waals surface area (Å²) in [7, 11) is 0. The summed E-state index contributed by atoms with van der Waals surface area (Å²) in [4.78, 5) is 0. The van der Waals surface area contributed by atoms with Crippen molar-refractivity contribution in [2.75, 3.05) is 0 Å². The molecule has 0 fully saturated rings. The van der Waals surface area contributed by atoms with Gasteiger partial charge in [-0.15, -0.1) is 11.6 Å². The minimum atomic E-state index is -0.834. The van der Waals surface area contributed by atoms with Crippen molar-refractivity contribution in [2.45, 2.75) is 25.1 Å². The van der Waals surface area contributed by atoms with E-state index in [1.54, 1.807) is 0 Å². The number of alkyl halides is 1. The molecule has 1 aromatic rings. The van der Waals surface area contributed by atoms with Crippen molar-refractivity contribution in [2.24, 2.45) is 0 Å². The maximum Gasteiger partial charge on any atom is 0.163 e. The molecule has 0 spiro atoms. The van der Waals surface area contributed by atoms with Gasteiger partial charge in [-0.2, -0.15) is 0 Å². The van der Waals surface area contributed by atoms with Crippen LogP contribution in [0, 0.1) is 11.6 Å². The molecule has 72 valence electrons. The first kappa shape index (κ1) is 10.5. The van der Waals surface area contributed by atoms with Gasteiger partial charge in [0.1, 0.15) is 0 Å². The first-order valence-corrected chi connectivity index (χ1v) is 4.68. The van der Waals surface area contributed by atoms with Gasteiger partial charge in [0.2, 0.25) is 0 Å². The summed E-state index contributed by atoms with van der Waals surface area (Å²) in [5.74, 6) is -1.66. The van der Waals surface area contributed by atoms with Gasteiger partial charge in [-0.05, 0) is 12.5 Å². The van der Waals surface area contributed by atoms with Crippen LogP contribution in [0.4, 0.5) is 8.78 Å². The van der Waals surface area contributed by atoms with Gasteiger partial charge in [0.25, 0.3) is 0 Å². The van der Waals surface area contributed by atoms with Crippen LogP contribution in [0.2, 0.25) is 0 Å². The molecule has 1 aromatic carbocycles. The fourth-order valence-electron chi connectivity index (χ4n) is 1.17. The normalized spacial score (nSPS) is 12.9. The van der Waals surface area contributed by atoms with E-state index in [2.05, 4.69) is 0 Å². The summed E-state index contributed by atoms with van der Waals surface area (Å²) < 4.78 is 25.9. The molecule has 0 saturated heterocycles. The zero-order valence-corrected chi connectivity index (χ0v) is 8.11.